The Morgan fingerprint density at radius 1 is 1.43 bits per heavy atom. The van der Waals surface area contributed by atoms with Crippen LogP contribution in [0.15, 0.2) is 35.0 Å². The van der Waals surface area contributed by atoms with Gasteiger partial charge in [0.15, 0.2) is 5.82 Å². The third-order valence-corrected chi connectivity index (χ3v) is 4.23. The Bertz CT molecular complexity index is 701. The summed E-state index contributed by atoms with van der Waals surface area (Å²) >= 11 is 0. The predicted octanol–water partition coefficient (Wildman–Crippen LogP) is 4.13. The van der Waals surface area contributed by atoms with Crippen LogP contribution in [0.5, 0.6) is 0 Å². The van der Waals surface area contributed by atoms with E-state index in [1.54, 1.807) is 4.90 Å². The summed E-state index contributed by atoms with van der Waals surface area (Å²) in [7, 11) is 0. The number of anilines is 1. The van der Waals surface area contributed by atoms with Gasteiger partial charge in [-0.1, -0.05) is 6.92 Å². The Morgan fingerprint density at radius 2 is 2.26 bits per heavy atom. The number of piperidine rings is 1. The Balaban J connectivity index is 1.81. The monoisotopic (exact) mass is 317 g/mol. The van der Waals surface area contributed by atoms with Gasteiger partial charge in [0, 0.05) is 12.7 Å². The second kappa shape index (κ2) is 6.40. The van der Waals surface area contributed by atoms with Gasteiger partial charge in [-0.2, -0.15) is 0 Å². The molecular weight excluding hydrogens is 297 g/mol. The first-order valence-electron chi connectivity index (χ1n) is 7.78. The van der Waals surface area contributed by atoms with Gasteiger partial charge < -0.3 is 14.6 Å². The average molecular weight is 317 g/mol. The summed E-state index contributed by atoms with van der Waals surface area (Å²) < 4.78 is 19.4. The highest BCUT2D eigenvalue weighted by atomic mass is 19.1. The number of carbonyl (C=O) groups is 1. The minimum Gasteiger partial charge on any atom is -0.464 e. The largest absolute Gasteiger partial charge is 0.464 e. The van der Waals surface area contributed by atoms with Gasteiger partial charge in [-0.25, -0.2) is 9.18 Å². The molecule has 1 N–H and O–H groups in total. The van der Waals surface area contributed by atoms with E-state index in [9.17, 15) is 9.18 Å². The number of amides is 2. The van der Waals surface area contributed by atoms with E-state index in [0.717, 1.165) is 30.6 Å². The SMILES string of the molecule is Cc1ccc([C@@H]2C[C@H](C)CCN2C(=O)Nc2ccncc2F)o1. The van der Waals surface area contributed by atoms with Gasteiger partial charge in [-0.3, -0.25) is 4.98 Å². The summed E-state index contributed by atoms with van der Waals surface area (Å²) in [6.45, 7) is 4.66. The third kappa shape index (κ3) is 3.36. The molecule has 0 spiro atoms. The number of nitrogens with one attached hydrogen (secondary N) is 1. The molecule has 2 amide bonds. The van der Waals surface area contributed by atoms with Crippen LogP contribution < -0.4 is 5.32 Å². The fourth-order valence-electron chi connectivity index (χ4n) is 2.95. The average Bonchev–Trinajstić information content (AvgIpc) is 2.96. The minimum absolute atomic E-state index is 0.127. The summed E-state index contributed by atoms with van der Waals surface area (Å²) in [6, 6.07) is 4.81. The van der Waals surface area contributed by atoms with Crippen molar-refractivity contribution in [3.8, 4) is 0 Å². The maximum absolute atomic E-state index is 13.7. The van der Waals surface area contributed by atoms with E-state index in [1.165, 1.54) is 12.3 Å². The molecule has 3 rings (SSSR count). The van der Waals surface area contributed by atoms with Gasteiger partial charge in [0.25, 0.3) is 0 Å². The lowest BCUT2D eigenvalue weighted by Crippen LogP contribution is -2.43. The zero-order valence-electron chi connectivity index (χ0n) is 13.3. The quantitative estimate of drug-likeness (QED) is 0.906. The van der Waals surface area contributed by atoms with E-state index in [1.807, 2.05) is 19.1 Å². The van der Waals surface area contributed by atoms with Crippen molar-refractivity contribution in [1.29, 1.82) is 0 Å². The van der Waals surface area contributed by atoms with Gasteiger partial charge in [-0.05, 0) is 43.9 Å². The van der Waals surface area contributed by atoms with Gasteiger partial charge >= 0.3 is 6.03 Å². The van der Waals surface area contributed by atoms with E-state index in [2.05, 4.69) is 17.2 Å². The fraction of sp³-hybridized carbons (Fsp3) is 0.412. The topological polar surface area (TPSA) is 58.4 Å². The van der Waals surface area contributed by atoms with Gasteiger partial charge in [0.1, 0.15) is 11.5 Å². The molecule has 1 fully saturated rings. The summed E-state index contributed by atoms with van der Waals surface area (Å²) in [4.78, 5) is 18.0. The molecule has 1 aliphatic rings. The lowest BCUT2D eigenvalue weighted by Gasteiger charge is -2.37. The molecule has 0 aliphatic carbocycles. The van der Waals surface area contributed by atoms with Gasteiger partial charge in [-0.15, -0.1) is 0 Å². The molecule has 122 valence electrons. The minimum atomic E-state index is -0.545. The molecule has 2 aromatic heterocycles. The molecule has 3 heterocycles. The number of likely N-dealkylation sites (tertiary alicyclic amines) is 1. The zero-order valence-corrected chi connectivity index (χ0v) is 13.3. The maximum Gasteiger partial charge on any atom is 0.322 e. The number of aromatic nitrogens is 1. The molecule has 0 radical (unpaired) electrons. The number of nitrogens with zero attached hydrogens (tertiary/aromatic N) is 2. The number of carbonyl (C=O) groups excluding carboxylic acids is 1. The first-order chi connectivity index (χ1) is 11.0. The van der Waals surface area contributed by atoms with Crippen LogP contribution >= 0.6 is 0 Å². The highest BCUT2D eigenvalue weighted by molar-refractivity contribution is 5.89. The number of urea groups is 1. The number of furan rings is 1. The lowest BCUT2D eigenvalue weighted by atomic mass is 9.91. The Morgan fingerprint density at radius 3 is 2.96 bits per heavy atom. The molecule has 1 saturated heterocycles. The zero-order chi connectivity index (χ0) is 16.4. The standard InChI is InChI=1S/C17H20FN3O2/c1-11-6-8-21(15(9-11)16-4-3-12(2)23-16)17(22)20-14-5-7-19-10-13(14)18/h3-5,7,10-11,15H,6,8-9H2,1-2H3,(H,19,20,22)/t11-,15+/m1/s1. The summed E-state index contributed by atoms with van der Waals surface area (Å²) in [6.07, 6.45) is 4.28. The van der Waals surface area contributed by atoms with Crippen LogP contribution in [-0.4, -0.2) is 22.5 Å². The number of halogens is 1. The first-order valence-corrected chi connectivity index (χ1v) is 7.78. The molecule has 0 unspecified atom stereocenters. The fourth-order valence-corrected chi connectivity index (χ4v) is 2.95. The number of aryl methyl sites for hydroxylation is 1. The highest BCUT2D eigenvalue weighted by Gasteiger charge is 2.33. The highest BCUT2D eigenvalue weighted by Crippen LogP contribution is 2.35. The molecule has 6 heteroatoms. The van der Waals surface area contributed by atoms with Crippen LogP contribution in [0.1, 0.15) is 37.3 Å². The molecule has 0 bridgehead atoms. The van der Waals surface area contributed by atoms with Crippen LogP contribution in [0.25, 0.3) is 0 Å². The molecular formula is C17H20FN3O2. The van der Waals surface area contributed by atoms with Crippen LogP contribution in [0.4, 0.5) is 14.9 Å². The summed E-state index contributed by atoms with van der Waals surface area (Å²) in [5.74, 6) is 1.56. The van der Waals surface area contributed by atoms with Crippen molar-refractivity contribution in [3.63, 3.8) is 0 Å². The van der Waals surface area contributed by atoms with Crippen LogP contribution in [0.2, 0.25) is 0 Å². The van der Waals surface area contributed by atoms with Crippen molar-refractivity contribution in [1.82, 2.24) is 9.88 Å². The number of pyridine rings is 1. The van der Waals surface area contributed by atoms with Crippen molar-refractivity contribution < 1.29 is 13.6 Å². The normalized spacial score (nSPS) is 21.3. The first kappa shape index (κ1) is 15.5. The van der Waals surface area contributed by atoms with E-state index in [0.29, 0.717) is 12.5 Å². The lowest BCUT2D eigenvalue weighted by molar-refractivity contribution is 0.128. The summed E-state index contributed by atoms with van der Waals surface area (Å²) in [5.41, 5.74) is 0.137. The number of hydrogen-bond acceptors (Lipinski definition) is 3. The third-order valence-electron chi connectivity index (χ3n) is 4.23. The van der Waals surface area contributed by atoms with Crippen molar-refractivity contribution >= 4 is 11.7 Å². The van der Waals surface area contributed by atoms with Crippen LogP contribution in [-0.2, 0) is 0 Å². The van der Waals surface area contributed by atoms with Crippen LogP contribution in [0, 0.1) is 18.7 Å². The van der Waals surface area contributed by atoms with Gasteiger partial charge in [0.2, 0.25) is 0 Å². The Labute approximate surface area is 134 Å². The molecule has 1 aliphatic heterocycles. The Kier molecular flexibility index (Phi) is 4.32. The molecule has 2 atom stereocenters. The van der Waals surface area contributed by atoms with Crippen LogP contribution in [0.3, 0.4) is 0 Å². The summed E-state index contributed by atoms with van der Waals surface area (Å²) in [5, 5.41) is 2.63. The predicted molar refractivity (Wildman–Crippen MR) is 84.5 cm³/mol. The van der Waals surface area contributed by atoms with E-state index < -0.39 is 5.82 Å². The Hall–Kier alpha value is -2.37. The molecule has 23 heavy (non-hydrogen) atoms. The van der Waals surface area contributed by atoms with E-state index >= 15 is 0 Å². The van der Waals surface area contributed by atoms with E-state index in [-0.39, 0.29) is 17.8 Å². The van der Waals surface area contributed by atoms with E-state index in [4.69, 9.17) is 4.42 Å². The van der Waals surface area contributed by atoms with Crippen molar-refractivity contribution in [2.24, 2.45) is 5.92 Å². The van der Waals surface area contributed by atoms with Gasteiger partial charge in [0.05, 0.1) is 17.9 Å². The molecule has 5 nitrogen and oxygen atoms in total. The van der Waals surface area contributed by atoms with Crippen molar-refractivity contribution in [3.05, 3.63) is 47.9 Å². The van der Waals surface area contributed by atoms with Crippen molar-refractivity contribution in [2.75, 3.05) is 11.9 Å². The molecule has 0 aromatic carbocycles. The molecule has 0 saturated carbocycles. The smallest absolute Gasteiger partial charge is 0.322 e. The maximum atomic E-state index is 13.7. The second-order valence-electron chi connectivity index (χ2n) is 6.07. The molecule has 2 aromatic rings. The van der Waals surface area contributed by atoms with Crippen molar-refractivity contribution in [2.45, 2.75) is 32.7 Å². The number of rotatable bonds is 2. The number of hydrogen-bond donors (Lipinski definition) is 1. The second-order valence-corrected chi connectivity index (χ2v) is 6.07.